The number of aromatic hydroxyl groups is 2. The van der Waals surface area contributed by atoms with Gasteiger partial charge >= 0.3 is 0 Å². The fraction of sp³-hybridized carbons (Fsp3) is 0.429. The van der Waals surface area contributed by atoms with E-state index in [1.807, 2.05) is 0 Å². The molecule has 28 heavy (non-hydrogen) atoms. The fourth-order valence-electron chi connectivity index (χ4n) is 3.28. The summed E-state index contributed by atoms with van der Waals surface area (Å²) < 4.78 is 15.5. The van der Waals surface area contributed by atoms with Crippen LogP contribution < -0.4 is 14.2 Å². The fourth-order valence-corrected chi connectivity index (χ4v) is 3.28. The highest BCUT2D eigenvalue weighted by molar-refractivity contribution is 5.52. The molecule has 7 nitrogen and oxygen atoms in total. The Bertz CT molecular complexity index is 750. The number of rotatable bonds is 10. The molecule has 2 rings (SSSR count). The third-order valence-corrected chi connectivity index (χ3v) is 4.92. The highest BCUT2D eigenvalue weighted by Gasteiger charge is 2.23. The van der Waals surface area contributed by atoms with Crippen molar-refractivity contribution in [2.75, 3.05) is 34.5 Å². The summed E-state index contributed by atoms with van der Waals surface area (Å²) in [6.45, 7) is -0.229. The van der Waals surface area contributed by atoms with Crippen LogP contribution in [0.25, 0.3) is 0 Å². The van der Waals surface area contributed by atoms with Gasteiger partial charge in [-0.25, -0.2) is 0 Å². The molecule has 4 N–H and O–H groups in total. The second kappa shape index (κ2) is 10.1. The van der Waals surface area contributed by atoms with Gasteiger partial charge in [0.05, 0.1) is 21.3 Å². The number of phenolic OH excluding ortho intramolecular Hbond substituents is 2. The molecule has 0 spiro atoms. The van der Waals surface area contributed by atoms with Gasteiger partial charge in [0.15, 0.2) is 23.0 Å². The van der Waals surface area contributed by atoms with E-state index in [1.54, 1.807) is 30.3 Å². The van der Waals surface area contributed by atoms with Crippen molar-refractivity contribution in [3.63, 3.8) is 0 Å². The molecule has 0 aliphatic rings. The van der Waals surface area contributed by atoms with Gasteiger partial charge in [-0.2, -0.15) is 0 Å². The molecule has 0 saturated heterocycles. The number of benzene rings is 2. The monoisotopic (exact) mass is 392 g/mol. The molecule has 2 aromatic rings. The zero-order valence-corrected chi connectivity index (χ0v) is 16.4. The smallest absolute Gasteiger partial charge is 0.200 e. The third-order valence-electron chi connectivity index (χ3n) is 4.92. The van der Waals surface area contributed by atoms with Crippen LogP contribution in [0.15, 0.2) is 30.3 Å². The van der Waals surface area contributed by atoms with Gasteiger partial charge in [-0.1, -0.05) is 6.07 Å². The summed E-state index contributed by atoms with van der Waals surface area (Å²) in [5, 5.41) is 39.6. The topological polar surface area (TPSA) is 109 Å². The van der Waals surface area contributed by atoms with E-state index in [2.05, 4.69) is 0 Å². The molecule has 2 atom stereocenters. The van der Waals surface area contributed by atoms with E-state index in [4.69, 9.17) is 14.2 Å². The maximum atomic E-state index is 10.1. The van der Waals surface area contributed by atoms with Gasteiger partial charge in [0, 0.05) is 13.2 Å². The van der Waals surface area contributed by atoms with Gasteiger partial charge in [-0.15, -0.1) is 0 Å². The van der Waals surface area contributed by atoms with Crippen molar-refractivity contribution in [2.24, 2.45) is 11.8 Å². The van der Waals surface area contributed by atoms with Gasteiger partial charge < -0.3 is 34.6 Å². The van der Waals surface area contributed by atoms with E-state index >= 15 is 0 Å². The molecule has 0 fully saturated rings. The quantitative estimate of drug-likeness (QED) is 0.490. The van der Waals surface area contributed by atoms with E-state index in [9.17, 15) is 20.4 Å². The van der Waals surface area contributed by atoms with E-state index in [0.29, 0.717) is 18.6 Å². The molecule has 0 bridgehead atoms. The largest absolute Gasteiger partial charge is 0.504 e. The molecular weight excluding hydrogens is 364 g/mol. The molecule has 7 heteroatoms. The molecule has 0 aliphatic heterocycles. The zero-order valence-electron chi connectivity index (χ0n) is 16.4. The summed E-state index contributed by atoms with van der Waals surface area (Å²) in [6.07, 6.45) is 0.967. The molecule has 0 aliphatic carbocycles. The van der Waals surface area contributed by atoms with Crippen molar-refractivity contribution in [2.45, 2.75) is 12.8 Å². The highest BCUT2D eigenvalue weighted by Crippen LogP contribution is 2.38. The molecule has 0 aromatic heterocycles. The molecule has 0 unspecified atom stereocenters. The SMILES string of the molecule is COc1cc(C[C@@H](CO)[C@@H](CO)Cc2cc(OC)c(O)c(OC)c2)ccc1O. The summed E-state index contributed by atoms with van der Waals surface area (Å²) in [6, 6.07) is 8.42. The number of aliphatic hydroxyl groups excluding tert-OH is 2. The molecule has 0 amide bonds. The summed E-state index contributed by atoms with van der Waals surface area (Å²) >= 11 is 0. The van der Waals surface area contributed by atoms with Crippen molar-refractivity contribution in [1.82, 2.24) is 0 Å². The number of ether oxygens (including phenoxy) is 3. The second-order valence-electron chi connectivity index (χ2n) is 6.65. The maximum absolute atomic E-state index is 10.1. The third kappa shape index (κ3) is 4.99. The van der Waals surface area contributed by atoms with Gasteiger partial charge in [0.2, 0.25) is 5.75 Å². The van der Waals surface area contributed by atoms with Crippen molar-refractivity contribution in [1.29, 1.82) is 0 Å². The number of methoxy groups -OCH3 is 3. The molecule has 0 radical (unpaired) electrons. The standard InChI is InChI=1S/C21H28O7/c1-26-18-8-13(4-5-17(18)24)6-15(11-22)16(12-23)7-14-9-19(27-2)21(25)20(10-14)28-3/h4-5,8-10,15-16,22-25H,6-7,11-12H2,1-3H3/t15-,16+/m0/s1. The van der Waals surface area contributed by atoms with Crippen LogP contribution in [0, 0.1) is 11.8 Å². The maximum Gasteiger partial charge on any atom is 0.200 e. The van der Waals surface area contributed by atoms with E-state index in [1.165, 1.54) is 21.3 Å². The first kappa shape index (κ1) is 21.7. The summed E-state index contributed by atoms with van der Waals surface area (Å²) in [7, 11) is 4.39. The highest BCUT2D eigenvalue weighted by atomic mass is 16.5. The molecular formula is C21H28O7. The Morgan fingerprint density at radius 3 is 1.64 bits per heavy atom. The molecule has 0 saturated carbocycles. The van der Waals surface area contributed by atoms with Crippen LogP contribution in [0.4, 0.5) is 0 Å². The zero-order chi connectivity index (χ0) is 20.7. The Labute approximate surface area is 164 Å². The van der Waals surface area contributed by atoms with Gasteiger partial charge in [-0.05, 0) is 60.1 Å². The van der Waals surface area contributed by atoms with Crippen molar-refractivity contribution in [3.8, 4) is 28.7 Å². The minimum atomic E-state index is -0.233. The van der Waals surface area contributed by atoms with E-state index in [-0.39, 0.29) is 48.0 Å². The van der Waals surface area contributed by atoms with Gasteiger partial charge in [0.25, 0.3) is 0 Å². The Kier molecular flexibility index (Phi) is 7.78. The first-order valence-corrected chi connectivity index (χ1v) is 8.98. The first-order chi connectivity index (χ1) is 13.5. The number of hydrogen-bond donors (Lipinski definition) is 4. The predicted octanol–water partition coefficient (Wildman–Crippen LogP) is 2.13. The van der Waals surface area contributed by atoms with Crippen LogP contribution in [0.5, 0.6) is 28.7 Å². The van der Waals surface area contributed by atoms with Crippen LogP contribution in [0.2, 0.25) is 0 Å². The van der Waals surface area contributed by atoms with Crippen molar-refractivity contribution < 1.29 is 34.6 Å². The molecule has 2 aromatic carbocycles. The lowest BCUT2D eigenvalue weighted by molar-refractivity contribution is 0.119. The molecule has 154 valence electrons. The Morgan fingerprint density at radius 2 is 1.18 bits per heavy atom. The number of phenols is 2. The van der Waals surface area contributed by atoms with Gasteiger partial charge in [0.1, 0.15) is 0 Å². The van der Waals surface area contributed by atoms with Crippen LogP contribution in [-0.2, 0) is 12.8 Å². The summed E-state index contributed by atoms with van der Waals surface area (Å²) in [4.78, 5) is 0. The van der Waals surface area contributed by atoms with E-state index < -0.39 is 0 Å². The van der Waals surface area contributed by atoms with Crippen molar-refractivity contribution >= 4 is 0 Å². The van der Waals surface area contributed by atoms with E-state index in [0.717, 1.165) is 11.1 Å². The summed E-state index contributed by atoms with van der Waals surface area (Å²) in [5.74, 6) is 0.458. The van der Waals surface area contributed by atoms with Crippen LogP contribution in [-0.4, -0.2) is 55.0 Å². The Balaban J connectivity index is 2.23. The average molecular weight is 392 g/mol. The summed E-state index contributed by atoms with van der Waals surface area (Å²) in [5.41, 5.74) is 1.69. The Morgan fingerprint density at radius 1 is 0.714 bits per heavy atom. The minimum absolute atomic E-state index is 0.0498. The van der Waals surface area contributed by atoms with Crippen molar-refractivity contribution in [3.05, 3.63) is 41.5 Å². The normalized spacial score (nSPS) is 13.0. The lowest BCUT2D eigenvalue weighted by Crippen LogP contribution is -2.26. The van der Waals surface area contributed by atoms with Crippen LogP contribution in [0.3, 0.4) is 0 Å². The Hall–Kier alpha value is -2.64. The second-order valence-corrected chi connectivity index (χ2v) is 6.65. The van der Waals surface area contributed by atoms with Crippen LogP contribution in [0.1, 0.15) is 11.1 Å². The predicted molar refractivity (Wildman–Crippen MR) is 104 cm³/mol. The average Bonchev–Trinajstić information content (AvgIpc) is 2.72. The first-order valence-electron chi connectivity index (χ1n) is 8.98. The number of aliphatic hydroxyl groups is 2. The lowest BCUT2D eigenvalue weighted by atomic mass is 9.83. The minimum Gasteiger partial charge on any atom is -0.504 e. The number of hydrogen-bond acceptors (Lipinski definition) is 7. The van der Waals surface area contributed by atoms with Gasteiger partial charge in [-0.3, -0.25) is 0 Å². The van der Waals surface area contributed by atoms with Crippen LogP contribution >= 0.6 is 0 Å². The molecule has 0 heterocycles. The lowest BCUT2D eigenvalue weighted by Gasteiger charge is -2.25.